The van der Waals surface area contributed by atoms with Crippen molar-refractivity contribution < 1.29 is 9.31 Å². The van der Waals surface area contributed by atoms with Crippen LogP contribution in [0.5, 0.6) is 0 Å². The van der Waals surface area contributed by atoms with Gasteiger partial charge in [0.25, 0.3) is 5.69 Å². The third-order valence-corrected chi connectivity index (χ3v) is 3.39. The molecule has 98 valence electrons. The molecule has 1 aliphatic rings. The Morgan fingerprint density at radius 1 is 1.39 bits per heavy atom. The number of nitrogens with zero attached hydrogens (tertiary/aromatic N) is 2. The molecule has 1 heterocycles. The Balaban J connectivity index is 2.16. The van der Waals surface area contributed by atoms with Gasteiger partial charge in [-0.05, 0) is 31.4 Å². The maximum atomic E-state index is 13.3. The lowest BCUT2D eigenvalue weighted by molar-refractivity contribution is -0.385. The summed E-state index contributed by atoms with van der Waals surface area (Å²) >= 11 is 0. The minimum absolute atomic E-state index is 0.203. The average molecular weight is 253 g/mol. The zero-order valence-electron chi connectivity index (χ0n) is 10.0. The first kappa shape index (κ1) is 12.8. The number of hydrogen-bond acceptors (Lipinski definition) is 4. The van der Waals surface area contributed by atoms with Crippen LogP contribution in [0.4, 0.5) is 15.8 Å². The summed E-state index contributed by atoms with van der Waals surface area (Å²) in [5, 5.41) is 10.7. The molecular formula is C12H16FN3O2. The lowest BCUT2D eigenvalue weighted by Crippen LogP contribution is -2.36. The zero-order valence-corrected chi connectivity index (χ0v) is 10.0. The Morgan fingerprint density at radius 2 is 2.06 bits per heavy atom. The number of non-ortho nitro benzene ring substituents is 1. The summed E-state index contributed by atoms with van der Waals surface area (Å²) in [6, 6.07) is 3.71. The van der Waals surface area contributed by atoms with E-state index in [4.69, 9.17) is 5.73 Å². The molecule has 2 N–H and O–H groups in total. The van der Waals surface area contributed by atoms with Gasteiger partial charge in [0.15, 0.2) is 0 Å². The van der Waals surface area contributed by atoms with Gasteiger partial charge in [-0.3, -0.25) is 10.1 Å². The van der Waals surface area contributed by atoms with E-state index in [9.17, 15) is 14.5 Å². The summed E-state index contributed by atoms with van der Waals surface area (Å²) in [5.41, 5.74) is 5.99. The number of hydrogen-bond donors (Lipinski definition) is 1. The van der Waals surface area contributed by atoms with E-state index in [-0.39, 0.29) is 5.69 Å². The lowest BCUT2D eigenvalue weighted by Gasteiger charge is -2.33. The molecular weight excluding hydrogens is 237 g/mol. The maximum absolute atomic E-state index is 13.3. The Bertz CT molecular complexity index is 445. The molecule has 0 saturated carbocycles. The molecule has 1 aromatic rings. The monoisotopic (exact) mass is 253 g/mol. The molecule has 2 rings (SSSR count). The molecule has 1 saturated heterocycles. The van der Waals surface area contributed by atoms with Crippen molar-refractivity contribution in [1.82, 2.24) is 0 Å². The highest BCUT2D eigenvalue weighted by atomic mass is 19.1. The third kappa shape index (κ3) is 2.76. The highest BCUT2D eigenvalue weighted by Gasteiger charge is 2.20. The van der Waals surface area contributed by atoms with E-state index in [1.165, 1.54) is 12.1 Å². The second-order valence-electron chi connectivity index (χ2n) is 4.59. The number of halogens is 1. The summed E-state index contributed by atoms with van der Waals surface area (Å²) in [6.07, 6.45) is 1.89. The first-order chi connectivity index (χ1) is 8.60. The molecule has 0 unspecified atom stereocenters. The van der Waals surface area contributed by atoms with Gasteiger partial charge in [-0.2, -0.15) is 0 Å². The van der Waals surface area contributed by atoms with Gasteiger partial charge in [0.05, 0.1) is 11.0 Å². The van der Waals surface area contributed by atoms with Crippen molar-refractivity contribution >= 4 is 11.4 Å². The van der Waals surface area contributed by atoms with Gasteiger partial charge in [-0.25, -0.2) is 4.39 Å². The molecule has 0 aromatic heterocycles. The second-order valence-corrected chi connectivity index (χ2v) is 4.59. The number of rotatable bonds is 3. The molecule has 0 aliphatic carbocycles. The summed E-state index contributed by atoms with van der Waals surface area (Å²) in [6.45, 7) is 2.20. The van der Waals surface area contributed by atoms with Crippen LogP contribution in [0.15, 0.2) is 18.2 Å². The van der Waals surface area contributed by atoms with Gasteiger partial charge in [-0.1, -0.05) is 0 Å². The summed E-state index contributed by atoms with van der Waals surface area (Å²) in [4.78, 5) is 12.1. The predicted molar refractivity (Wildman–Crippen MR) is 67.0 cm³/mol. The van der Waals surface area contributed by atoms with E-state index in [2.05, 4.69) is 0 Å². The first-order valence-electron chi connectivity index (χ1n) is 6.00. The van der Waals surface area contributed by atoms with Gasteiger partial charge >= 0.3 is 0 Å². The van der Waals surface area contributed by atoms with Crippen molar-refractivity contribution in [2.45, 2.75) is 12.8 Å². The van der Waals surface area contributed by atoms with Crippen LogP contribution in [0.1, 0.15) is 12.8 Å². The Morgan fingerprint density at radius 3 is 2.61 bits per heavy atom. The minimum atomic E-state index is -0.570. The van der Waals surface area contributed by atoms with E-state index in [1.807, 2.05) is 4.90 Å². The number of nitro benzene ring substituents is 1. The van der Waals surface area contributed by atoms with Gasteiger partial charge in [0, 0.05) is 24.8 Å². The van der Waals surface area contributed by atoms with E-state index in [1.54, 1.807) is 0 Å². The van der Waals surface area contributed by atoms with Crippen molar-refractivity contribution in [2.75, 3.05) is 24.5 Å². The number of piperidine rings is 1. The van der Waals surface area contributed by atoms with Gasteiger partial charge in [0.1, 0.15) is 5.82 Å². The SMILES string of the molecule is NCC1CCN(c2cc(F)cc([N+](=O)[O-])c2)CC1. The van der Waals surface area contributed by atoms with Crippen LogP contribution in [-0.2, 0) is 0 Å². The largest absolute Gasteiger partial charge is 0.371 e. The first-order valence-corrected chi connectivity index (χ1v) is 6.00. The molecule has 0 radical (unpaired) electrons. The summed E-state index contributed by atoms with van der Waals surface area (Å²) < 4.78 is 13.3. The predicted octanol–water partition coefficient (Wildman–Crippen LogP) is 1.91. The molecule has 0 spiro atoms. The van der Waals surface area contributed by atoms with Crippen LogP contribution in [0, 0.1) is 21.8 Å². The summed E-state index contributed by atoms with van der Waals surface area (Å²) in [5.74, 6) is -0.0649. The van der Waals surface area contributed by atoms with E-state index in [0.717, 1.165) is 32.0 Å². The molecule has 1 fully saturated rings. The molecule has 1 aromatic carbocycles. The van der Waals surface area contributed by atoms with Crippen molar-refractivity contribution in [1.29, 1.82) is 0 Å². The van der Waals surface area contributed by atoms with Crippen molar-refractivity contribution in [3.63, 3.8) is 0 Å². The van der Waals surface area contributed by atoms with Crippen LogP contribution in [-0.4, -0.2) is 24.6 Å². The topological polar surface area (TPSA) is 72.4 Å². The molecule has 0 amide bonds. The second kappa shape index (κ2) is 5.30. The molecule has 18 heavy (non-hydrogen) atoms. The van der Waals surface area contributed by atoms with E-state index >= 15 is 0 Å². The average Bonchev–Trinajstić information content (AvgIpc) is 2.38. The van der Waals surface area contributed by atoms with Gasteiger partial charge in [-0.15, -0.1) is 0 Å². The maximum Gasteiger partial charge on any atom is 0.274 e. The van der Waals surface area contributed by atoms with Gasteiger partial charge in [0.2, 0.25) is 0 Å². The number of benzene rings is 1. The molecule has 0 atom stereocenters. The van der Waals surface area contributed by atoms with E-state index in [0.29, 0.717) is 18.2 Å². The number of anilines is 1. The Hall–Kier alpha value is -1.69. The Kier molecular flexibility index (Phi) is 3.76. The van der Waals surface area contributed by atoms with Gasteiger partial charge < -0.3 is 10.6 Å². The molecule has 6 heteroatoms. The van der Waals surface area contributed by atoms with Crippen LogP contribution in [0.3, 0.4) is 0 Å². The van der Waals surface area contributed by atoms with Crippen molar-refractivity contribution in [3.05, 3.63) is 34.1 Å². The van der Waals surface area contributed by atoms with Crippen LogP contribution >= 0.6 is 0 Å². The number of nitrogens with two attached hydrogens (primary N) is 1. The highest BCUT2D eigenvalue weighted by molar-refractivity contribution is 5.53. The quantitative estimate of drug-likeness (QED) is 0.659. The fourth-order valence-corrected chi connectivity index (χ4v) is 2.27. The third-order valence-electron chi connectivity index (χ3n) is 3.39. The highest BCUT2D eigenvalue weighted by Crippen LogP contribution is 2.27. The molecule has 0 bridgehead atoms. The van der Waals surface area contributed by atoms with E-state index < -0.39 is 10.7 Å². The van der Waals surface area contributed by atoms with Crippen molar-refractivity contribution in [3.8, 4) is 0 Å². The zero-order chi connectivity index (χ0) is 13.1. The molecule has 1 aliphatic heterocycles. The number of nitro groups is 1. The lowest BCUT2D eigenvalue weighted by atomic mass is 9.97. The normalized spacial score (nSPS) is 16.9. The smallest absolute Gasteiger partial charge is 0.274 e. The summed E-state index contributed by atoms with van der Waals surface area (Å²) in [7, 11) is 0. The fraction of sp³-hybridized carbons (Fsp3) is 0.500. The van der Waals surface area contributed by atoms with Crippen LogP contribution in [0.2, 0.25) is 0 Å². The van der Waals surface area contributed by atoms with Crippen LogP contribution in [0.25, 0.3) is 0 Å². The standard InChI is InChI=1S/C12H16FN3O2/c13-10-5-11(7-12(6-10)16(17)18)15-3-1-9(8-14)2-4-15/h5-7,9H,1-4,8,14H2. The van der Waals surface area contributed by atoms with Crippen LogP contribution < -0.4 is 10.6 Å². The Labute approximate surface area is 105 Å². The van der Waals surface area contributed by atoms with Crippen molar-refractivity contribution in [2.24, 2.45) is 11.7 Å². The minimum Gasteiger partial charge on any atom is -0.371 e. The fourth-order valence-electron chi connectivity index (χ4n) is 2.27. The molecule has 5 nitrogen and oxygen atoms in total.